The molecule has 21 heavy (non-hydrogen) atoms. The summed E-state index contributed by atoms with van der Waals surface area (Å²) in [4.78, 5) is 10.7. The molecule has 0 aliphatic rings. The van der Waals surface area contributed by atoms with Gasteiger partial charge in [-0.3, -0.25) is 10.1 Å². The molecule has 0 aromatic heterocycles. The second-order valence-electron chi connectivity index (χ2n) is 4.53. The van der Waals surface area contributed by atoms with Gasteiger partial charge >= 0.3 is 0 Å². The van der Waals surface area contributed by atoms with Crippen LogP contribution >= 0.6 is 15.9 Å². The van der Waals surface area contributed by atoms with Crippen LogP contribution in [-0.2, 0) is 0 Å². The summed E-state index contributed by atoms with van der Waals surface area (Å²) in [7, 11) is 1.60. The van der Waals surface area contributed by atoms with E-state index in [0.29, 0.717) is 5.56 Å². The van der Waals surface area contributed by atoms with Crippen LogP contribution in [0.25, 0.3) is 0 Å². The average molecular weight is 351 g/mol. The van der Waals surface area contributed by atoms with E-state index in [9.17, 15) is 10.1 Å². The highest BCUT2D eigenvalue weighted by Gasteiger charge is 2.18. The lowest BCUT2D eigenvalue weighted by atomic mass is 10.1. The largest absolute Gasteiger partial charge is 0.497 e. The number of nitro benzene ring substituents is 1. The zero-order chi connectivity index (χ0) is 15.4. The quantitative estimate of drug-likeness (QED) is 0.635. The Bertz CT molecular complexity index is 661. The summed E-state index contributed by atoms with van der Waals surface area (Å²) in [6.07, 6.45) is 0. The third-order valence-corrected chi connectivity index (χ3v) is 3.84. The number of nitro groups is 1. The van der Waals surface area contributed by atoms with Gasteiger partial charge in [0.05, 0.1) is 29.3 Å². The highest BCUT2D eigenvalue weighted by Crippen LogP contribution is 2.32. The Morgan fingerprint density at radius 3 is 2.67 bits per heavy atom. The van der Waals surface area contributed by atoms with E-state index in [2.05, 4.69) is 21.2 Å². The second-order valence-corrected chi connectivity index (χ2v) is 5.38. The maximum Gasteiger partial charge on any atom is 0.274 e. The molecule has 0 radical (unpaired) electrons. The fraction of sp³-hybridized carbons (Fsp3) is 0.200. The fourth-order valence-electron chi connectivity index (χ4n) is 2.07. The summed E-state index contributed by atoms with van der Waals surface area (Å²) in [5.41, 5.74) is 1.56. The van der Waals surface area contributed by atoms with Gasteiger partial charge in [-0.1, -0.05) is 18.2 Å². The number of nitrogens with zero attached hydrogens (tertiary/aromatic N) is 1. The number of benzene rings is 2. The lowest BCUT2D eigenvalue weighted by Gasteiger charge is -2.17. The highest BCUT2D eigenvalue weighted by atomic mass is 79.9. The molecule has 2 aromatic carbocycles. The SMILES string of the molecule is COc1ccc(Br)c(NC(C)c2ccccc2[N+](=O)[O-])c1. The molecular formula is C15H15BrN2O3. The molecule has 0 saturated carbocycles. The fourth-order valence-corrected chi connectivity index (χ4v) is 2.43. The molecule has 6 heteroatoms. The molecule has 0 spiro atoms. The molecule has 0 fully saturated rings. The topological polar surface area (TPSA) is 64.4 Å². The first-order chi connectivity index (χ1) is 10.0. The number of ether oxygens (including phenoxy) is 1. The maximum atomic E-state index is 11.1. The van der Waals surface area contributed by atoms with Crippen LogP contribution in [0, 0.1) is 10.1 Å². The first-order valence-electron chi connectivity index (χ1n) is 6.36. The first kappa shape index (κ1) is 15.3. The monoisotopic (exact) mass is 350 g/mol. The number of methoxy groups -OCH3 is 1. The van der Waals surface area contributed by atoms with E-state index in [1.165, 1.54) is 6.07 Å². The molecule has 0 aliphatic heterocycles. The van der Waals surface area contributed by atoms with Crippen LogP contribution in [0.1, 0.15) is 18.5 Å². The molecule has 0 aliphatic carbocycles. The van der Waals surface area contributed by atoms with Gasteiger partial charge in [0.1, 0.15) is 5.75 Å². The van der Waals surface area contributed by atoms with Crippen molar-refractivity contribution in [3.63, 3.8) is 0 Å². The molecule has 110 valence electrons. The van der Waals surface area contributed by atoms with Crippen LogP contribution in [0.3, 0.4) is 0 Å². The van der Waals surface area contributed by atoms with E-state index in [1.807, 2.05) is 25.1 Å². The van der Waals surface area contributed by atoms with Gasteiger partial charge in [-0.15, -0.1) is 0 Å². The van der Waals surface area contributed by atoms with Crippen molar-refractivity contribution < 1.29 is 9.66 Å². The van der Waals surface area contributed by atoms with Crippen molar-refractivity contribution in [3.8, 4) is 5.75 Å². The Balaban J connectivity index is 2.30. The zero-order valence-electron chi connectivity index (χ0n) is 11.7. The molecule has 2 rings (SSSR count). The van der Waals surface area contributed by atoms with Gasteiger partial charge in [0.15, 0.2) is 0 Å². The summed E-state index contributed by atoms with van der Waals surface area (Å²) in [6.45, 7) is 1.88. The van der Waals surface area contributed by atoms with E-state index >= 15 is 0 Å². The molecule has 1 unspecified atom stereocenters. The zero-order valence-corrected chi connectivity index (χ0v) is 13.3. The van der Waals surface area contributed by atoms with Crippen molar-refractivity contribution in [3.05, 3.63) is 62.6 Å². The normalized spacial score (nSPS) is 11.8. The Labute approximate surface area is 131 Å². The number of hydrogen-bond donors (Lipinski definition) is 1. The number of nitrogens with one attached hydrogen (secondary N) is 1. The van der Waals surface area contributed by atoms with Crippen molar-refractivity contribution >= 4 is 27.3 Å². The minimum Gasteiger partial charge on any atom is -0.497 e. The molecule has 5 nitrogen and oxygen atoms in total. The van der Waals surface area contributed by atoms with Crippen LogP contribution in [0.2, 0.25) is 0 Å². The van der Waals surface area contributed by atoms with Gasteiger partial charge in [-0.2, -0.15) is 0 Å². The summed E-state index contributed by atoms with van der Waals surface area (Å²) in [5.74, 6) is 0.718. The number of hydrogen-bond acceptors (Lipinski definition) is 4. The Kier molecular flexibility index (Phi) is 4.80. The first-order valence-corrected chi connectivity index (χ1v) is 7.15. The minimum atomic E-state index is -0.367. The van der Waals surface area contributed by atoms with Crippen molar-refractivity contribution in [2.45, 2.75) is 13.0 Å². The van der Waals surface area contributed by atoms with Gasteiger partial charge in [0.2, 0.25) is 0 Å². The molecule has 0 saturated heterocycles. The number of halogens is 1. The Morgan fingerprint density at radius 1 is 1.29 bits per heavy atom. The minimum absolute atomic E-state index is 0.108. The maximum absolute atomic E-state index is 11.1. The smallest absolute Gasteiger partial charge is 0.274 e. The van der Waals surface area contributed by atoms with Crippen molar-refractivity contribution in [2.24, 2.45) is 0 Å². The van der Waals surface area contributed by atoms with Crippen LogP contribution in [0.5, 0.6) is 5.75 Å². The van der Waals surface area contributed by atoms with Gasteiger partial charge in [0, 0.05) is 16.6 Å². The third-order valence-electron chi connectivity index (χ3n) is 3.15. The van der Waals surface area contributed by atoms with Crippen molar-refractivity contribution in [1.82, 2.24) is 0 Å². The Morgan fingerprint density at radius 2 is 2.00 bits per heavy atom. The van der Waals surface area contributed by atoms with E-state index in [0.717, 1.165) is 15.9 Å². The summed E-state index contributed by atoms with van der Waals surface area (Å²) in [6, 6.07) is 12.1. The molecule has 1 N–H and O–H groups in total. The molecule has 0 amide bonds. The Hall–Kier alpha value is -2.08. The average Bonchev–Trinajstić information content (AvgIpc) is 2.49. The van der Waals surface area contributed by atoms with E-state index in [-0.39, 0.29) is 16.7 Å². The summed E-state index contributed by atoms with van der Waals surface area (Å²) >= 11 is 3.46. The number of rotatable bonds is 5. The van der Waals surface area contributed by atoms with Gasteiger partial charge in [0.25, 0.3) is 5.69 Å². The molecular weight excluding hydrogens is 336 g/mol. The second kappa shape index (κ2) is 6.58. The summed E-state index contributed by atoms with van der Waals surface area (Å²) in [5, 5.41) is 14.4. The van der Waals surface area contributed by atoms with Crippen LogP contribution in [0.15, 0.2) is 46.9 Å². The molecule has 0 bridgehead atoms. The molecule has 1 atom stereocenters. The summed E-state index contributed by atoms with van der Waals surface area (Å²) < 4.78 is 6.06. The van der Waals surface area contributed by atoms with Gasteiger partial charge in [-0.25, -0.2) is 0 Å². The molecule has 2 aromatic rings. The predicted octanol–water partition coefficient (Wildman–Crippen LogP) is 4.54. The van der Waals surface area contributed by atoms with Crippen molar-refractivity contribution in [1.29, 1.82) is 0 Å². The lowest BCUT2D eigenvalue weighted by Crippen LogP contribution is -2.09. The molecule has 0 heterocycles. The van der Waals surface area contributed by atoms with E-state index in [4.69, 9.17) is 4.74 Å². The van der Waals surface area contributed by atoms with Crippen LogP contribution in [-0.4, -0.2) is 12.0 Å². The third kappa shape index (κ3) is 3.52. The number of anilines is 1. The van der Waals surface area contributed by atoms with Crippen molar-refractivity contribution in [2.75, 3.05) is 12.4 Å². The van der Waals surface area contributed by atoms with E-state index in [1.54, 1.807) is 25.3 Å². The number of para-hydroxylation sites is 1. The lowest BCUT2D eigenvalue weighted by molar-refractivity contribution is -0.385. The van der Waals surface area contributed by atoms with Crippen LogP contribution < -0.4 is 10.1 Å². The van der Waals surface area contributed by atoms with Gasteiger partial charge < -0.3 is 10.1 Å². The van der Waals surface area contributed by atoms with E-state index < -0.39 is 0 Å². The standard InChI is InChI=1S/C15H15BrN2O3/c1-10(12-5-3-4-6-15(12)18(19)20)17-14-9-11(21-2)7-8-13(14)16/h3-10,17H,1-2H3. The van der Waals surface area contributed by atoms with Crippen LogP contribution in [0.4, 0.5) is 11.4 Å². The van der Waals surface area contributed by atoms with Gasteiger partial charge in [-0.05, 0) is 35.0 Å². The highest BCUT2D eigenvalue weighted by molar-refractivity contribution is 9.10. The predicted molar refractivity (Wildman–Crippen MR) is 85.8 cm³/mol.